The van der Waals surface area contributed by atoms with Gasteiger partial charge in [-0.2, -0.15) is 5.10 Å². The summed E-state index contributed by atoms with van der Waals surface area (Å²) in [4.78, 5) is 4.28. The number of aromatic nitrogens is 3. The first-order valence-electron chi connectivity index (χ1n) is 6.36. The van der Waals surface area contributed by atoms with E-state index in [4.69, 9.17) is 9.15 Å². The van der Waals surface area contributed by atoms with Crippen molar-refractivity contribution >= 4 is 0 Å². The molecule has 6 nitrogen and oxygen atoms in total. The Labute approximate surface area is 112 Å². The Balaban J connectivity index is 1.90. The van der Waals surface area contributed by atoms with Crippen LogP contribution in [0.3, 0.4) is 0 Å². The first-order valence-corrected chi connectivity index (χ1v) is 6.36. The normalized spacial score (nSPS) is 11.1. The zero-order valence-electron chi connectivity index (χ0n) is 11.6. The van der Waals surface area contributed by atoms with E-state index in [-0.39, 0.29) is 0 Å². The lowest BCUT2D eigenvalue weighted by molar-refractivity contribution is 0.199. The van der Waals surface area contributed by atoms with Crippen LogP contribution in [0.2, 0.25) is 0 Å². The molecule has 2 aromatic rings. The molecule has 0 aliphatic heterocycles. The summed E-state index contributed by atoms with van der Waals surface area (Å²) in [6.45, 7) is 4.34. The summed E-state index contributed by atoms with van der Waals surface area (Å²) in [7, 11) is 3.59. The number of aryl methyl sites for hydroxylation is 2. The molecule has 0 aliphatic rings. The van der Waals surface area contributed by atoms with Crippen LogP contribution in [0.15, 0.2) is 16.7 Å². The lowest BCUT2D eigenvalue weighted by Gasteiger charge is -2.01. The molecule has 104 valence electrons. The standard InChI is InChI=1S/C13H20N4O2/c1-10-8-11(17(2)16-10)12-9-15-13(19-12)4-5-14-6-7-18-3/h8-9,14H,4-7H2,1-3H3. The third kappa shape index (κ3) is 3.65. The van der Waals surface area contributed by atoms with E-state index in [9.17, 15) is 0 Å². The van der Waals surface area contributed by atoms with Gasteiger partial charge < -0.3 is 14.5 Å². The Hall–Kier alpha value is -1.66. The second-order valence-corrected chi connectivity index (χ2v) is 4.41. The fourth-order valence-electron chi connectivity index (χ4n) is 1.88. The van der Waals surface area contributed by atoms with Crippen molar-refractivity contribution in [2.75, 3.05) is 26.8 Å². The van der Waals surface area contributed by atoms with Crippen LogP contribution in [0, 0.1) is 6.92 Å². The number of hydrogen-bond acceptors (Lipinski definition) is 5. The third-order valence-corrected chi connectivity index (χ3v) is 2.81. The molecule has 2 rings (SSSR count). The summed E-state index contributed by atoms with van der Waals surface area (Å²) in [5, 5.41) is 7.55. The van der Waals surface area contributed by atoms with Crippen LogP contribution in [0.4, 0.5) is 0 Å². The number of rotatable bonds is 7. The second-order valence-electron chi connectivity index (χ2n) is 4.41. The summed E-state index contributed by atoms with van der Waals surface area (Å²) in [6, 6.07) is 1.99. The highest BCUT2D eigenvalue weighted by atomic mass is 16.5. The Bertz CT molecular complexity index is 518. The van der Waals surface area contributed by atoms with E-state index >= 15 is 0 Å². The summed E-state index contributed by atoms with van der Waals surface area (Å²) in [5.74, 6) is 1.49. The Morgan fingerprint density at radius 1 is 1.42 bits per heavy atom. The van der Waals surface area contributed by atoms with Crippen molar-refractivity contribution in [3.63, 3.8) is 0 Å². The van der Waals surface area contributed by atoms with Gasteiger partial charge in [-0.25, -0.2) is 4.98 Å². The van der Waals surface area contributed by atoms with E-state index in [2.05, 4.69) is 15.4 Å². The molecule has 0 atom stereocenters. The van der Waals surface area contributed by atoms with Crippen molar-refractivity contribution in [1.29, 1.82) is 0 Å². The monoisotopic (exact) mass is 264 g/mol. The molecule has 2 aromatic heterocycles. The quantitative estimate of drug-likeness (QED) is 0.760. The molecule has 0 unspecified atom stereocenters. The van der Waals surface area contributed by atoms with E-state index in [1.165, 1.54) is 0 Å². The van der Waals surface area contributed by atoms with Crippen LogP contribution in [0.1, 0.15) is 11.6 Å². The Morgan fingerprint density at radius 3 is 2.95 bits per heavy atom. The number of methoxy groups -OCH3 is 1. The van der Waals surface area contributed by atoms with Gasteiger partial charge in [0.2, 0.25) is 0 Å². The molecule has 0 aliphatic carbocycles. The maximum absolute atomic E-state index is 5.73. The zero-order valence-corrected chi connectivity index (χ0v) is 11.6. The topological polar surface area (TPSA) is 65.1 Å². The van der Waals surface area contributed by atoms with Gasteiger partial charge in [-0.1, -0.05) is 0 Å². The first-order chi connectivity index (χ1) is 9.20. The highest BCUT2D eigenvalue weighted by molar-refractivity contribution is 5.51. The van der Waals surface area contributed by atoms with Crippen molar-refractivity contribution in [1.82, 2.24) is 20.1 Å². The van der Waals surface area contributed by atoms with Crippen LogP contribution in [-0.2, 0) is 18.2 Å². The van der Waals surface area contributed by atoms with Crippen LogP contribution in [-0.4, -0.2) is 41.6 Å². The van der Waals surface area contributed by atoms with Crippen molar-refractivity contribution in [2.45, 2.75) is 13.3 Å². The lowest BCUT2D eigenvalue weighted by Crippen LogP contribution is -2.21. The van der Waals surface area contributed by atoms with Gasteiger partial charge in [0.1, 0.15) is 5.69 Å². The summed E-state index contributed by atoms with van der Waals surface area (Å²) >= 11 is 0. The average Bonchev–Trinajstić information content (AvgIpc) is 2.95. The number of nitrogens with one attached hydrogen (secondary N) is 1. The predicted octanol–water partition coefficient (Wildman–Crippen LogP) is 1.16. The van der Waals surface area contributed by atoms with Crippen molar-refractivity contribution in [3.05, 3.63) is 23.8 Å². The molecule has 0 bridgehead atoms. The van der Waals surface area contributed by atoms with Crippen LogP contribution in [0.5, 0.6) is 0 Å². The van der Waals surface area contributed by atoms with Crippen molar-refractivity contribution in [3.8, 4) is 11.5 Å². The van der Waals surface area contributed by atoms with Gasteiger partial charge in [-0.3, -0.25) is 4.68 Å². The molecule has 0 aromatic carbocycles. The molecule has 0 fully saturated rings. The van der Waals surface area contributed by atoms with Gasteiger partial charge in [0, 0.05) is 33.7 Å². The van der Waals surface area contributed by atoms with E-state index in [0.717, 1.165) is 42.5 Å². The highest BCUT2D eigenvalue weighted by Gasteiger charge is 2.10. The smallest absolute Gasteiger partial charge is 0.196 e. The van der Waals surface area contributed by atoms with Crippen LogP contribution >= 0.6 is 0 Å². The third-order valence-electron chi connectivity index (χ3n) is 2.81. The summed E-state index contributed by atoms with van der Waals surface area (Å²) in [6.07, 6.45) is 2.52. The first kappa shape index (κ1) is 13.8. The van der Waals surface area contributed by atoms with Crippen molar-refractivity contribution < 1.29 is 9.15 Å². The van der Waals surface area contributed by atoms with E-state index < -0.39 is 0 Å². The van der Waals surface area contributed by atoms with Crippen molar-refractivity contribution in [2.24, 2.45) is 7.05 Å². The zero-order chi connectivity index (χ0) is 13.7. The fourth-order valence-corrected chi connectivity index (χ4v) is 1.88. The van der Waals surface area contributed by atoms with E-state index in [1.54, 1.807) is 18.0 Å². The molecule has 1 N–H and O–H groups in total. The van der Waals surface area contributed by atoms with Gasteiger partial charge in [0.25, 0.3) is 0 Å². The summed E-state index contributed by atoms with van der Waals surface area (Å²) < 4.78 is 12.5. The molecule has 6 heteroatoms. The number of nitrogens with zero attached hydrogens (tertiary/aromatic N) is 3. The number of ether oxygens (including phenoxy) is 1. The molecule has 0 saturated heterocycles. The molecule has 19 heavy (non-hydrogen) atoms. The summed E-state index contributed by atoms with van der Waals surface area (Å²) in [5.41, 5.74) is 1.92. The lowest BCUT2D eigenvalue weighted by atomic mass is 10.3. The molecule has 0 radical (unpaired) electrons. The minimum atomic E-state index is 0.713. The molecule has 2 heterocycles. The maximum Gasteiger partial charge on any atom is 0.196 e. The fraction of sp³-hybridized carbons (Fsp3) is 0.538. The number of oxazole rings is 1. The minimum Gasteiger partial charge on any atom is -0.439 e. The van der Waals surface area contributed by atoms with Gasteiger partial charge in [0.15, 0.2) is 11.7 Å². The largest absolute Gasteiger partial charge is 0.439 e. The molecule has 0 spiro atoms. The van der Waals surface area contributed by atoms with Gasteiger partial charge in [-0.05, 0) is 13.0 Å². The second kappa shape index (κ2) is 6.49. The van der Waals surface area contributed by atoms with Crippen LogP contribution in [0.25, 0.3) is 11.5 Å². The average molecular weight is 264 g/mol. The van der Waals surface area contributed by atoms with Gasteiger partial charge >= 0.3 is 0 Å². The van der Waals surface area contributed by atoms with Gasteiger partial charge in [-0.15, -0.1) is 0 Å². The minimum absolute atomic E-state index is 0.713. The maximum atomic E-state index is 5.73. The predicted molar refractivity (Wildman–Crippen MR) is 71.9 cm³/mol. The SMILES string of the molecule is COCCNCCc1ncc(-c2cc(C)nn2C)o1. The van der Waals surface area contributed by atoms with Gasteiger partial charge in [0.05, 0.1) is 18.5 Å². The molecule has 0 saturated carbocycles. The van der Waals surface area contributed by atoms with Crippen LogP contribution < -0.4 is 5.32 Å². The molecule has 0 amide bonds. The van der Waals surface area contributed by atoms with E-state index in [0.29, 0.717) is 6.61 Å². The highest BCUT2D eigenvalue weighted by Crippen LogP contribution is 2.20. The Kier molecular flexibility index (Phi) is 4.70. The van der Waals surface area contributed by atoms with E-state index in [1.807, 2.05) is 20.0 Å². The molecular weight excluding hydrogens is 244 g/mol. The number of hydrogen-bond donors (Lipinski definition) is 1. The Morgan fingerprint density at radius 2 is 2.26 bits per heavy atom. The molecular formula is C13H20N4O2.